The van der Waals surface area contributed by atoms with E-state index in [0.29, 0.717) is 16.8 Å². The average Bonchev–Trinajstić information content (AvgIpc) is 3.11. The Labute approximate surface area is 190 Å². The average molecular weight is 486 g/mol. The van der Waals surface area contributed by atoms with Crippen LogP contribution < -0.4 is 10.2 Å². The van der Waals surface area contributed by atoms with Crippen molar-refractivity contribution < 1.29 is 36.1 Å². The molecule has 1 unspecified atom stereocenters. The van der Waals surface area contributed by atoms with Crippen molar-refractivity contribution in [2.75, 3.05) is 23.7 Å². The van der Waals surface area contributed by atoms with Gasteiger partial charge in [0.05, 0.1) is 25.2 Å². The molecule has 178 valence electrons. The van der Waals surface area contributed by atoms with Crippen LogP contribution in [0.1, 0.15) is 18.9 Å². The second kappa shape index (κ2) is 10.3. The van der Waals surface area contributed by atoms with Gasteiger partial charge in [-0.25, -0.2) is 9.18 Å². The van der Waals surface area contributed by atoms with Crippen LogP contribution in [0.15, 0.2) is 42.5 Å². The Morgan fingerprint density at radius 1 is 1.21 bits per heavy atom. The Hall–Kier alpha value is -2.95. The topological polar surface area (TPSA) is 75.7 Å². The summed E-state index contributed by atoms with van der Waals surface area (Å²) in [6.45, 7) is 1.67. The summed E-state index contributed by atoms with van der Waals surface area (Å²) < 4.78 is 68.6. The van der Waals surface area contributed by atoms with E-state index in [1.807, 2.05) is 0 Å². The van der Waals surface area contributed by atoms with Crippen molar-refractivity contribution in [3.8, 4) is 11.1 Å². The quantitative estimate of drug-likeness (QED) is 0.569. The van der Waals surface area contributed by atoms with Crippen LogP contribution in [0.25, 0.3) is 11.1 Å². The molecule has 0 spiro atoms. The molecule has 0 radical (unpaired) electrons. The molecule has 1 heterocycles. The molecule has 1 saturated heterocycles. The molecule has 0 bridgehead atoms. The minimum absolute atomic E-state index is 0.0193. The molecular weight excluding hydrogens is 464 g/mol. The number of anilines is 1. The molecule has 2 atom stereocenters. The lowest BCUT2D eigenvalue weighted by Gasteiger charge is -2.15. The zero-order valence-electron chi connectivity index (χ0n) is 17.7. The number of rotatable bonds is 8. The number of halogens is 4. The van der Waals surface area contributed by atoms with Crippen molar-refractivity contribution in [2.45, 2.75) is 31.4 Å². The third-order valence-electron chi connectivity index (χ3n) is 4.92. The third-order valence-corrected chi connectivity index (χ3v) is 6.24. The van der Waals surface area contributed by atoms with Crippen LogP contribution in [0.5, 0.6) is 0 Å². The number of nitrogens with one attached hydrogen (secondary N) is 1. The Balaban J connectivity index is 1.64. The van der Waals surface area contributed by atoms with Crippen LogP contribution in [0.2, 0.25) is 0 Å². The maximum absolute atomic E-state index is 14.8. The van der Waals surface area contributed by atoms with Gasteiger partial charge in [0.25, 0.3) is 0 Å². The number of ether oxygens (including phenoxy) is 1. The molecule has 0 aromatic heterocycles. The second-order valence-corrected chi connectivity index (χ2v) is 9.14. The molecule has 2 amide bonds. The van der Waals surface area contributed by atoms with Crippen LogP contribution >= 0.6 is 0 Å². The fraction of sp³-hybridized carbons (Fsp3) is 0.364. The molecule has 0 aliphatic carbocycles. The van der Waals surface area contributed by atoms with Crippen LogP contribution in [0, 0.1) is 5.82 Å². The van der Waals surface area contributed by atoms with Crippen LogP contribution in [0.4, 0.5) is 28.0 Å². The number of carbonyl (C=O) groups is 2. The van der Waals surface area contributed by atoms with E-state index in [2.05, 4.69) is 5.32 Å². The highest BCUT2D eigenvalue weighted by atomic mass is 32.2. The summed E-state index contributed by atoms with van der Waals surface area (Å²) in [5.74, 6) is -1.31. The summed E-state index contributed by atoms with van der Waals surface area (Å²) in [4.78, 5) is 24.4. The molecule has 1 aliphatic heterocycles. The highest BCUT2D eigenvalue weighted by Gasteiger charge is 2.32. The summed E-state index contributed by atoms with van der Waals surface area (Å²) in [7, 11) is -1.65. The SMILES string of the molecule is CC(=O)NC[C@H]1CN(c2ccc(-c3ccc(CS(=O)CCC(F)(F)F)cc3)c(F)c2)C(=O)O1. The summed E-state index contributed by atoms with van der Waals surface area (Å²) >= 11 is 0. The van der Waals surface area contributed by atoms with Gasteiger partial charge in [-0.3, -0.25) is 13.9 Å². The lowest BCUT2D eigenvalue weighted by atomic mass is 10.0. The van der Waals surface area contributed by atoms with Gasteiger partial charge in [0.2, 0.25) is 5.91 Å². The van der Waals surface area contributed by atoms with Crippen molar-refractivity contribution in [3.05, 3.63) is 53.8 Å². The van der Waals surface area contributed by atoms with Crippen molar-refractivity contribution in [2.24, 2.45) is 0 Å². The standard InChI is InChI=1S/C22H22F4N2O4S/c1-14(29)27-11-18-12-28(21(30)32-18)17-6-7-19(20(23)10-17)16-4-2-15(3-5-16)13-33(31)9-8-22(24,25)26/h2-7,10,18H,8-9,11-13H2,1H3,(H,27,29)/t18-,33?/m0/s1. The summed E-state index contributed by atoms with van der Waals surface area (Å²) in [6.07, 6.45) is -6.63. The number of hydrogen-bond acceptors (Lipinski definition) is 4. The lowest BCUT2D eigenvalue weighted by Crippen LogP contribution is -2.33. The number of amides is 2. The first-order valence-corrected chi connectivity index (χ1v) is 11.5. The van der Waals surface area contributed by atoms with Gasteiger partial charge in [-0.15, -0.1) is 0 Å². The van der Waals surface area contributed by atoms with E-state index in [1.54, 1.807) is 30.3 Å². The Kier molecular flexibility index (Phi) is 7.72. The van der Waals surface area contributed by atoms with E-state index in [0.717, 1.165) is 0 Å². The van der Waals surface area contributed by atoms with Crippen LogP contribution in [-0.2, 0) is 26.1 Å². The van der Waals surface area contributed by atoms with Gasteiger partial charge in [0.15, 0.2) is 0 Å². The third kappa shape index (κ3) is 7.01. The van der Waals surface area contributed by atoms with Gasteiger partial charge < -0.3 is 10.1 Å². The Bertz CT molecular complexity index is 1040. The highest BCUT2D eigenvalue weighted by Crippen LogP contribution is 2.29. The van der Waals surface area contributed by atoms with Crippen molar-refractivity contribution in [1.82, 2.24) is 5.32 Å². The number of hydrogen-bond donors (Lipinski definition) is 1. The minimum Gasteiger partial charge on any atom is -0.442 e. The fourth-order valence-electron chi connectivity index (χ4n) is 3.27. The van der Waals surface area contributed by atoms with Gasteiger partial charge >= 0.3 is 12.3 Å². The fourth-order valence-corrected chi connectivity index (χ4v) is 4.44. The van der Waals surface area contributed by atoms with Crippen LogP contribution in [-0.4, -0.2) is 47.3 Å². The first kappa shape index (κ1) is 24.7. The molecule has 2 aromatic rings. The maximum atomic E-state index is 14.8. The van der Waals surface area contributed by atoms with E-state index < -0.39 is 47.2 Å². The minimum atomic E-state index is -4.35. The molecule has 1 fully saturated rings. The van der Waals surface area contributed by atoms with E-state index in [-0.39, 0.29) is 30.3 Å². The van der Waals surface area contributed by atoms with Gasteiger partial charge in [0.1, 0.15) is 11.9 Å². The number of benzene rings is 2. The van der Waals surface area contributed by atoms with E-state index in [9.17, 15) is 31.4 Å². The number of nitrogens with zero attached hydrogens (tertiary/aromatic N) is 1. The normalized spacial score (nSPS) is 17.1. The lowest BCUT2D eigenvalue weighted by molar-refractivity contribution is -0.129. The van der Waals surface area contributed by atoms with E-state index in [4.69, 9.17) is 4.74 Å². The second-order valence-electron chi connectivity index (χ2n) is 7.57. The van der Waals surface area contributed by atoms with Crippen molar-refractivity contribution in [3.63, 3.8) is 0 Å². The van der Waals surface area contributed by atoms with E-state index in [1.165, 1.54) is 24.0 Å². The van der Waals surface area contributed by atoms with Gasteiger partial charge in [-0.05, 0) is 29.3 Å². The molecule has 33 heavy (non-hydrogen) atoms. The molecule has 6 nitrogen and oxygen atoms in total. The first-order chi connectivity index (χ1) is 15.5. The number of carbonyl (C=O) groups excluding carboxylic acids is 2. The zero-order valence-corrected chi connectivity index (χ0v) is 18.5. The van der Waals surface area contributed by atoms with Gasteiger partial charge in [-0.2, -0.15) is 13.2 Å². The van der Waals surface area contributed by atoms with Gasteiger partial charge in [0, 0.05) is 34.8 Å². The predicted octanol–water partition coefficient (Wildman–Crippen LogP) is 4.16. The smallest absolute Gasteiger partial charge is 0.414 e. The molecule has 11 heteroatoms. The Morgan fingerprint density at radius 3 is 2.52 bits per heavy atom. The molecule has 3 rings (SSSR count). The summed E-state index contributed by atoms with van der Waals surface area (Å²) in [5.41, 5.74) is 1.69. The molecule has 0 saturated carbocycles. The van der Waals surface area contributed by atoms with Crippen LogP contribution in [0.3, 0.4) is 0 Å². The predicted molar refractivity (Wildman–Crippen MR) is 116 cm³/mol. The number of cyclic esters (lactones) is 1. The molecule has 1 aliphatic rings. The van der Waals surface area contributed by atoms with E-state index >= 15 is 0 Å². The monoisotopic (exact) mass is 486 g/mol. The Morgan fingerprint density at radius 2 is 1.91 bits per heavy atom. The molecule has 1 N–H and O–H groups in total. The zero-order chi connectivity index (χ0) is 24.2. The summed E-state index contributed by atoms with van der Waals surface area (Å²) in [5, 5.41) is 2.57. The number of alkyl halides is 3. The highest BCUT2D eigenvalue weighted by molar-refractivity contribution is 7.84. The summed E-state index contributed by atoms with van der Waals surface area (Å²) in [6, 6.07) is 10.7. The van der Waals surface area contributed by atoms with Gasteiger partial charge in [-0.1, -0.05) is 24.3 Å². The first-order valence-electron chi connectivity index (χ1n) is 10.0. The molecular formula is C22H22F4N2O4S. The maximum Gasteiger partial charge on any atom is 0.414 e. The van der Waals surface area contributed by atoms with Crippen molar-refractivity contribution in [1.29, 1.82) is 0 Å². The van der Waals surface area contributed by atoms with Crippen molar-refractivity contribution >= 4 is 28.5 Å². The molecule has 2 aromatic carbocycles. The largest absolute Gasteiger partial charge is 0.442 e.